The summed E-state index contributed by atoms with van der Waals surface area (Å²) in [6.45, 7) is 2.73. The van der Waals surface area contributed by atoms with Gasteiger partial charge in [-0.1, -0.05) is 36.7 Å². The molecule has 0 bridgehead atoms. The lowest BCUT2D eigenvalue weighted by atomic mass is 9.77. The van der Waals surface area contributed by atoms with Crippen molar-refractivity contribution in [2.24, 2.45) is 17.6 Å². The van der Waals surface area contributed by atoms with E-state index in [4.69, 9.17) is 22.3 Å². The Morgan fingerprint density at radius 2 is 2.00 bits per heavy atom. The second-order valence-electron chi connectivity index (χ2n) is 8.57. The van der Waals surface area contributed by atoms with Gasteiger partial charge in [0.25, 0.3) is 0 Å². The van der Waals surface area contributed by atoms with Crippen LogP contribution in [0, 0.1) is 17.7 Å². The molecule has 162 valence electrons. The second kappa shape index (κ2) is 9.75. The van der Waals surface area contributed by atoms with Gasteiger partial charge in [0, 0.05) is 30.0 Å². The van der Waals surface area contributed by atoms with E-state index in [9.17, 15) is 4.39 Å². The van der Waals surface area contributed by atoms with Gasteiger partial charge in [-0.15, -0.1) is 0 Å². The van der Waals surface area contributed by atoms with E-state index in [0.29, 0.717) is 35.3 Å². The van der Waals surface area contributed by atoms with Crippen molar-refractivity contribution in [3.05, 3.63) is 76.8 Å². The molecule has 0 saturated heterocycles. The molecular weight excluding hydrogens is 411 g/mol. The summed E-state index contributed by atoms with van der Waals surface area (Å²) < 4.78 is 13.4. The van der Waals surface area contributed by atoms with E-state index in [1.54, 1.807) is 12.3 Å². The Kier molecular flexibility index (Phi) is 6.83. The number of nitrogens with zero attached hydrogens (tertiary/aromatic N) is 2. The van der Waals surface area contributed by atoms with Crippen LogP contribution in [-0.2, 0) is 13.0 Å². The van der Waals surface area contributed by atoms with E-state index in [0.717, 1.165) is 48.2 Å². The lowest BCUT2D eigenvalue weighted by Crippen LogP contribution is -2.35. The van der Waals surface area contributed by atoms with Crippen LogP contribution in [0.3, 0.4) is 0 Å². The summed E-state index contributed by atoms with van der Waals surface area (Å²) in [5.41, 5.74) is 9.73. The number of pyridine rings is 2. The zero-order valence-electron chi connectivity index (χ0n) is 17.7. The first kappa shape index (κ1) is 21.7. The molecule has 0 radical (unpaired) electrons. The van der Waals surface area contributed by atoms with Gasteiger partial charge < -0.3 is 11.1 Å². The minimum Gasteiger partial charge on any atom is -0.366 e. The largest absolute Gasteiger partial charge is 0.366 e. The van der Waals surface area contributed by atoms with Gasteiger partial charge in [0.05, 0.1) is 10.7 Å². The van der Waals surface area contributed by atoms with Gasteiger partial charge in [0.2, 0.25) is 0 Å². The first-order valence-corrected chi connectivity index (χ1v) is 11.2. The zero-order valence-corrected chi connectivity index (χ0v) is 18.4. The number of benzene rings is 1. The molecule has 4 nitrogen and oxygen atoms in total. The topological polar surface area (TPSA) is 63.8 Å². The monoisotopic (exact) mass is 438 g/mol. The van der Waals surface area contributed by atoms with Crippen LogP contribution in [-0.4, -0.2) is 16.0 Å². The minimum atomic E-state index is -0.244. The molecule has 1 unspecified atom stereocenters. The predicted octanol–water partition coefficient (Wildman–Crippen LogP) is 5.85. The average molecular weight is 439 g/mol. The van der Waals surface area contributed by atoms with Gasteiger partial charge in [0.15, 0.2) is 0 Å². The number of nitrogens with one attached hydrogen (secondary N) is 1. The number of anilines is 1. The molecule has 6 heteroatoms. The molecular formula is C25H28ClFN4. The first-order chi connectivity index (χ1) is 15.0. The third kappa shape index (κ3) is 5.60. The molecule has 1 aromatic carbocycles. The number of halogens is 2. The van der Waals surface area contributed by atoms with E-state index in [1.807, 2.05) is 24.3 Å². The smallest absolute Gasteiger partial charge is 0.126 e. The third-order valence-corrected chi connectivity index (χ3v) is 6.44. The molecule has 4 rings (SSSR count). The molecule has 2 aromatic heterocycles. The van der Waals surface area contributed by atoms with Crippen molar-refractivity contribution in [3.63, 3.8) is 0 Å². The second-order valence-corrected chi connectivity index (χ2v) is 8.98. The highest BCUT2D eigenvalue weighted by atomic mass is 35.5. The summed E-state index contributed by atoms with van der Waals surface area (Å²) in [6, 6.07) is 14.7. The minimum absolute atomic E-state index is 0.244. The van der Waals surface area contributed by atoms with E-state index >= 15 is 0 Å². The van der Waals surface area contributed by atoms with Gasteiger partial charge in [-0.05, 0) is 73.4 Å². The summed E-state index contributed by atoms with van der Waals surface area (Å²) in [7, 11) is 0. The molecule has 3 atom stereocenters. The maximum atomic E-state index is 13.4. The summed E-state index contributed by atoms with van der Waals surface area (Å²) in [4.78, 5) is 9.28. The molecule has 0 spiro atoms. The van der Waals surface area contributed by atoms with Crippen LogP contribution in [0.2, 0.25) is 5.02 Å². The van der Waals surface area contributed by atoms with Gasteiger partial charge in [-0.3, -0.25) is 4.98 Å². The lowest BCUT2D eigenvalue weighted by molar-refractivity contribution is 0.246. The van der Waals surface area contributed by atoms with Crippen LogP contribution in [0.25, 0.3) is 11.3 Å². The molecule has 0 amide bonds. The number of nitrogens with two attached hydrogens (primary N) is 1. The number of rotatable bonds is 6. The standard InChI is InChI=1S/C25H28ClFN4/c1-16-10-17(8-9-23(16)28)12-20-13-21(22(26)15-29-20)24-6-3-7-25(31-24)30-14-18-4-2-5-19(27)11-18/h2-7,11,13,15-17,23H,8-10,12,14,28H2,1H3,(H,30,31)/t16-,17?,23-/m0/s1. The first-order valence-electron chi connectivity index (χ1n) is 10.8. The third-order valence-electron chi connectivity index (χ3n) is 6.14. The van der Waals surface area contributed by atoms with Gasteiger partial charge in [-0.25, -0.2) is 9.37 Å². The maximum absolute atomic E-state index is 13.4. The highest BCUT2D eigenvalue weighted by molar-refractivity contribution is 6.33. The van der Waals surface area contributed by atoms with Crippen LogP contribution in [0.15, 0.2) is 54.7 Å². The highest BCUT2D eigenvalue weighted by Crippen LogP contribution is 2.32. The van der Waals surface area contributed by atoms with Gasteiger partial charge in [0.1, 0.15) is 11.6 Å². The quantitative estimate of drug-likeness (QED) is 0.506. The molecule has 3 N–H and O–H groups in total. The maximum Gasteiger partial charge on any atom is 0.126 e. The molecule has 1 aliphatic rings. The van der Waals surface area contributed by atoms with Crippen LogP contribution in [0.4, 0.5) is 10.2 Å². The summed E-state index contributed by atoms with van der Waals surface area (Å²) >= 11 is 6.48. The molecule has 0 aliphatic heterocycles. The Morgan fingerprint density at radius 1 is 1.16 bits per heavy atom. The lowest BCUT2D eigenvalue weighted by Gasteiger charge is -2.31. The summed E-state index contributed by atoms with van der Waals surface area (Å²) in [6.07, 6.45) is 6.01. The van der Waals surface area contributed by atoms with Crippen molar-refractivity contribution in [1.29, 1.82) is 0 Å². The predicted molar refractivity (Wildman–Crippen MR) is 124 cm³/mol. The molecule has 2 heterocycles. The Labute approximate surface area is 188 Å². The van der Waals surface area contributed by atoms with Gasteiger partial charge >= 0.3 is 0 Å². The number of aromatic nitrogens is 2. The molecule has 3 aromatic rings. The highest BCUT2D eigenvalue weighted by Gasteiger charge is 2.25. The fourth-order valence-corrected chi connectivity index (χ4v) is 4.53. The van der Waals surface area contributed by atoms with Crippen molar-refractivity contribution in [2.75, 3.05) is 5.32 Å². The normalized spacial score (nSPS) is 21.1. The number of hydrogen-bond acceptors (Lipinski definition) is 4. The Balaban J connectivity index is 1.48. The van der Waals surface area contributed by atoms with Crippen molar-refractivity contribution < 1.29 is 4.39 Å². The number of hydrogen-bond donors (Lipinski definition) is 2. The molecule has 1 aliphatic carbocycles. The van der Waals surface area contributed by atoms with Crippen LogP contribution in [0.5, 0.6) is 0 Å². The van der Waals surface area contributed by atoms with Crippen molar-refractivity contribution in [1.82, 2.24) is 9.97 Å². The Morgan fingerprint density at radius 3 is 2.81 bits per heavy atom. The van der Waals surface area contributed by atoms with Crippen LogP contribution < -0.4 is 11.1 Å². The summed E-state index contributed by atoms with van der Waals surface area (Å²) in [5, 5.41) is 3.84. The average Bonchev–Trinajstić information content (AvgIpc) is 2.76. The fourth-order valence-electron chi connectivity index (χ4n) is 4.32. The van der Waals surface area contributed by atoms with E-state index < -0.39 is 0 Å². The summed E-state index contributed by atoms with van der Waals surface area (Å²) in [5.74, 6) is 1.62. The van der Waals surface area contributed by atoms with Gasteiger partial charge in [-0.2, -0.15) is 0 Å². The van der Waals surface area contributed by atoms with Crippen LogP contribution in [0.1, 0.15) is 37.4 Å². The molecule has 1 saturated carbocycles. The fraction of sp³-hybridized carbons (Fsp3) is 0.360. The van der Waals surface area contributed by atoms with E-state index in [2.05, 4.69) is 23.3 Å². The SMILES string of the molecule is C[C@H]1CC(Cc2cc(-c3cccc(NCc4cccc(F)c4)n3)c(Cl)cn2)CC[C@@H]1N. The Bertz CT molecular complexity index is 1040. The molecule has 1 fully saturated rings. The molecule has 31 heavy (non-hydrogen) atoms. The van der Waals surface area contributed by atoms with Crippen molar-refractivity contribution in [3.8, 4) is 11.3 Å². The zero-order chi connectivity index (χ0) is 21.8. The van der Waals surface area contributed by atoms with Crippen molar-refractivity contribution in [2.45, 2.75) is 45.2 Å². The van der Waals surface area contributed by atoms with E-state index in [1.165, 1.54) is 12.1 Å². The van der Waals surface area contributed by atoms with Crippen LogP contribution >= 0.6 is 11.6 Å². The Hall–Kier alpha value is -2.50. The van der Waals surface area contributed by atoms with E-state index in [-0.39, 0.29) is 5.82 Å². The van der Waals surface area contributed by atoms with Crippen molar-refractivity contribution >= 4 is 17.4 Å².